The van der Waals surface area contributed by atoms with Gasteiger partial charge >= 0.3 is 5.97 Å². The van der Waals surface area contributed by atoms with E-state index in [1.807, 2.05) is 4.98 Å². The van der Waals surface area contributed by atoms with Crippen LogP contribution in [0.25, 0.3) is 0 Å². The summed E-state index contributed by atoms with van der Waals surface area (Å²) in [6.45, 7) is 0. The van der Waals surface area contributed by atoms with E-state index < -0.39 is 34.4 Å². The van der Waals surface area contributed by atoms with Crippen LogP contribution in [0.2, 0.25) is 0 Å². The van der Waals surface area contributed by atoms with Gasteiger partial charge in [-0.25, -0.2) is 9.18 Å². The topological polar surface area (TPSA) is 82.2 Å². The molecule has 5 nitrogen and oxygen atoms in total. The Morgan fingerprint density at radius 2 is 2.05 bits per heavy atom. The number of aromatic amines is 1. The molecule has 2 aromatic rings. The summed E-state index contributed by atoms with van der Waals surface area (Å²) in [5.74, 6) is -3.51. The first-order chi connectivity index (χ1) is 9.40. The molecule has 104 valence electrons. The number of carboxylic acid groups (broad SMARTS) is 1. The maximum absolute atomic E-state index is 13.7. The second kappa shape index (κ2) is 5.41. The van der Waals surface area contributed by atoms with Crippen LogP contribution in [0.15, 0.2) is 33.7 Å². The molecular formula is C12H7BrF2N2O3. The molecule has 0 aliphatic carbocycles. The fourth-order valence-corrected chi connectivity index (χ4v) is 1.85. The molecule has 0 amide bonds. The van der Waals surface area contributed by atoms with Crippen LogP contribution in [-0.2, 0) is 0 Å². The number of H-pyrrole nitrogens is 1. The molecule has 0 atom stereocenters. The lowest BCUT2D eigenvalue weighted by molar-refractivity contribution is 0.0697. The molecule has 1 aromatic carbocycles. The van der Waals surface area contributed by atoms with Crippen molar-refractivity contribution in [2.45, 2.75) is 0 Å². The smallest absolute Gasteiger partial charge is 0.339 e. The van der Waals surface area contributed by atoms with E-state index in [1.54, 1.807) is 0 Å². The van der Waals surface area contributed by atoms with E-state index in [0.29, 0.717) is 4.47 Å². The number of carboxylic acids is 1. The molecule has 0 aliphatic rings. The molecule has 0 saturated heterocycles. The van der Waals surface area contributed by atoms with Gasteiger partial charge in [0.25, 0.3) is 5.56 Å². The summed E-state index contributed by atoms with van der Waals surface area (Å²) in [6.07, 6.45) is 0.840. The van der Waals surface area contributed by atoms with Gasteiger partial charge < -0.3 is 15.4 Å². The molecule has 0 unspecified atom stereocenters. The van der Waals surface area contributed by atoms with E-state index >= 15 is 0 Å². The lowest BCUT2D eigenvalue weighted by atomic mass is 10.2. The number of hydrogen-bond donors (Lipinski definition) is 3. The second-order valence-corrected chi connectivity index (χ2v) is 4.69. The van der Waals surface area contributed by atoms with E-state index in [4.69, 9.17) is 5.11 Å². The highest BCUT2D eigenvalue weighted by atomic mass is 79.9. The molecule has 1 heterocycles. The first kappa shape index (κ1) is 14.2. The van der Waals surface area contributed by atoms with Crippen molar-refractivity contribution in [2.75, 3.05) is 5.32 Å². The minimum atomic E-state index is -1.46. The zero-order valence-electron chi connectivity index (χ0n) is 9.71. The zero-order chi connectivity index (χ0) is 14.9. The van der Waals surface area contributed by atoms with Crippen molar-refractivity contribution in [3.05, 3.63) is 56.4 Å². The number of benzene rings is 1. The number of halogens is 3. The molecule has 0 aliphatic heterocycles. The summed E-state index contributed by atoms with van der Waals surface area (Å²) in [6, 6.07) is 3.89. The van der Waals surface area contributed by atoms with Crippen molar-refractivity contribution in [3.8, 4) is 0 Å². The number of aromatic nitrogens is 1. The van der Waals surface area contributed by atoms with Crippen LogP contribution in [0, 0.1) is 11.6 Å². The Balaban J connectivity index is 2.55. The third kappa shape index (κ3) is 2.69. The summed E-state index contributed by atoms with van der Waals surface area (Å²) in [4.78, 5) is 24.1. The summed E-state index contributed by atoms with van der Waals surface area (Å²) in [7, 11) is 0. The number of aromatic carboxylic acids is 1. The van der Waals surface area contributed by atoms with Crippen molar-refractivity contribution in [2.24, 2.45) is 0 Å². The number of hydrogen-bond acceptors (Lipinski definition) is 3. The molecule has 0 spiro atoms. The van der Waals surface area contributed by atoms with Crippen LogP contribution < -0.4 is 10.9 Å². The summed E-state index contributed by atoms with van der Waals surface area (Å²) in [5, 5.41) is 11.2. The van der Waals surface area contributed by atoms with E-state index in [0.717, 1.165) is 12.3 Å². The van der Waals surface area contributed by atoms with Crippen LogP contribution in [0.1, 0.15) is 10.4 Å². The minimum Gasteiger partial charge on any atom is -0.478 e. The van der Waals surface area contributed by atoms with Crippen molar-refractivity contribution in [1.82, 2.24) is 4.98 Å². The highest BCUT2D eigenvalue weighted by Crippen LogP contribution is 2.26. The zero-order valence-corrected chi connectivity index (χ0v) is 11.3. The SMILES string of the molecule is O=C(O)c1c[nH]c(=O)c(F)c1Nc1ccc(Br)cc1F. The molecule has 2 rings (SSSR count). The number of pyridine rings is 1. The Labute approximate surface area is 119 Å². The van der Waals surface area contributed by atoms with Crippen LogP contribution in [0.5, 0.6) is 0 Å². The fraction of sp³-hybridized carbons (Fsp3) is 0. The molecule has 0 bridgehead atoms. The Morgan fingerprint density at radius 3 is 2.65 bits per heavy atom. The van der Waals surface area contributed by atoms with Crippen molar-refractivity contribution in [1.29, 1.82) is 0 Å². The molecule has 3 N–H and O–H groups in total. The molecule has 20 heavy (non-hydrogen) atoms. The number of anilines is 2. The Bertz CT molecular complexity index is 746. The fourth-order valence-electron chi connectivity index (χ4n) is 1.52. The maximum atomic E-state index is 13.7. The van der Waals surface area contributed by atoms with Crippen molar-refractivity contribution in [3.63, 3.8) is 0 Å². The van der Waals surface area contributed by atoms with Crippen molar-refractivity contribution >= 4 is 33.3 Å². The van der Waals surface area contributed by atoms with Gasteiger partial charge in [-0.15, -0.1) is 0 Å². The lowest BCUT2D eigenvalue weighted by Crippen LogP contribution is -2.17. The van der Waals surface area contributed by atoms with Gasteiger partial charge in [-0.3, -0.25) is 4.79 Å². The van der Waals surface area contributed by atoms with Crippen LogP contribution >= 0.6 is 15.9 Å². The average Bonchev–Trinajstić information content (AvgIpc) is 2.37. The summed E-state index contributed by atoms with van der Waals surface area (Å²) < 4.78 is 27.8. The van der Waals surface area contributed by atoms with Gasteiger partial charge in [0, 0.05) is 10.7 Å². The predicted octanol–water partition coefficient (Wildman–Crippen LogP) is 2.86. The molecule has 1 aromatic heterocycles. The quantitative estimate of drug-likeness (QED) is 0.799. The van der Waals surface area contributed by atoms with Crippen LogP contribution in [0.3, 0.4) is 0 Å². The normalized spacial score (nSPS) is 10.3. The minimum absolute atomic E-state index is 0.153. The van der Waals surface area contributed by atoms with E-state index in [-0.39, 0.29) is 5.69 Å². The summed E-state index contributed by atoms with van der Waals surface area (Å²) in [5.41, 5.74) is -2.36. The Morgan fingerprint density at radius 1 is 1.35 bits per heavy atom. The molecular weight excluding hydrogens is 338 g/mol. The predicted molar refractivity (Wildman–Crippen MR) is 71.4 cm³/mol. The Kier molecular flexibility index (Phi) is 3.84. The lowest BCUT2D eigenvalue weighted by Gasteiger charge is -2.11. The van der Waals surface area contributed by atoms with Crippen LogP contribution in [0.4, 0.5) is 20.2 Å². The van der Waals surface area contributed by atoms with E-state index in [2.05, 4.69) is 21.2 Å². The standard InChI is InChI=1S/C12H7BrF2N2O3/c13-5-1-2-8(7(14)3-5)17-10-6(12(19)20)4-16-11(18)9(10)15/h1-4H,(H,19,20)(H2,16,17,18). The number of nitrogens with one attached hydrogen (secondary N) is 2. The van der Waals surface area contributed by atoms with Gasteiger partial charge in [-0.05, 0) is 18.2 Å². The Hall–Kier alpha value is -2.22. The van der Waals surface area contributed by atoms with Gasteiger partial charge in [-0.2, -0.15) is 4.39 Å². The molecule has 8 heteroatoms. The summed E-state index contributed by atoms with van der Waals surface area (Å²) >= 11 is 3.05. The highest BCUT2D eigenvalue weighted by Gasteiger charge is 2.18. The van der Waals surface area contributed by atoms with Gasteiger partial charge in [0.1, 0.15) is 11.4 Å². The van der Waals surface area contributed by atoms with E-state index in [1.165, 1.54) is 12.1 Å². The van der Waals surface area contributed by atoms with E-state index in [9.17, 15) is 18.4 Å². The maximum Gasteiger partial charge on any atom is 0.339 e. The van der Waals surface area contributed by atoms with Gasteiger partial charge in [0.05, 0.1) is 11.4 Å². The van der Waals surface area contributed by atoms with Gasteiger partial charge in [0.2, 0.25) is 5.82 Å². The third-order valence-corrected chi connectivity index (χ3v) is 2.95. The molecule has 0 saturated carbocycles. The first-order valence-corrected chi connectivity index (χ1v) is 6.06. The average molecular weight is 345 g/mol. The third-order valence-electron chi connectivity index (χ3n) is 2.46. The van der Waals surface area contributed by atoms with Gasteiger partial charge in [-0.1, -0.05) is 15.9 Å². The first-order valence-electron chi connectivity index (χ1n) is 5.26. The second-order valence-electron chi connectivity index (χ2n) is 3.77. The number of rotatable bonds is 3. The number of carbonyl (C=O) groups is 1. The highest BCUT2D eigenvalue weighted by molar-refractivity contribution is 9.10. The largest absolute Gasteiger partial charge is 0.478 e. The monoisotopic (exact) mass is 344 g/mol. The van der Waals surface area contributed by atoms with Crippen molar-refractivity contribution < 1.29 is 18.7 Å². The van der Waals surface area contributed by atoms with Gasteiger partial charge in [0.15, 0.2) is 0 Å². The molecule has 0 fully saturated rings. The van der Waals surface area contributed by atoms with Crippen LogP contribution in [-0.4, -0.2) is 16.1 Å². The molecule has 0 radical (unpaired) electrons.